The molecule has 0 amide bonds. The molecule has 1 unspecified atom stereocenters. The zero-order valence-corrected chi connectivity index (χ0v) is 19.9. The van der Waals surface area contributed by atoms with E-state index >= 15 is 0 Å². The normalized spacial score (nSPS) is 16.9. The van der Waals surface area contributed by atoms with Gasteiger partial charge in [-0.3, -0.25) is 0 Å². The molecular formula is C24H30IN3O2. The van der Waals surface area contributed by atoms with Crippen molar-refractivity contribution < 1.29 is 9.47 Å². The van der Waals surface area contributed by atoms with Gasteiger partial charge in [0, 0.05) is 29.8 Å². The SMILES string of the molecule is CCOCCn1c(C(OC2CCN(C)CC2)c2cccc(I)c2)nc2ccccc21. The third kappa shape index (κ3) is 5.04. The number of rotatable bonds is 8. The number of nitrogens with zero attached hydrogens (tertiary/aromatic N) is 3. The molecule has 0 N–H and O–H groups in total. The van der Waals surface area contributed by atoms with Crippen LogP contribution in [0, 0.1) is 3.57 Å². The number of halogens is 1. The van der Waals surface area contributed by atoms with Crippen LogP contribution >= 0.6 is 22.6 Å². The predicted octanol–water partition coefficient (Wildman–Crippen LogP) is 4.88. The molecule has 3 aromatic rings. The lowest BCUT2D eigenvalue weighted by Crippen LogP contribution is -2.35. The van der Waals surface area contributed by atoms with Crippen LogP contribution in [0.3, 0.4) is 0 Å². The van der Waals surface area contributed by atoms with Crippen LogP contribution in [0.4, 0.5) is 0 Å². The Morgan fingerprint density at radius 3 is 2.70 bits per heavy atom. The van der Waals surface area contributed by atoms with E-state index in [9.17, 15) is 0 Å². The van der Waals surface area contributed by atoms with Gasteiger partial charge in [-0.25, -0.2) is 4.98 Å². The van der Waals surface area contributed by atoms with Crippen molar-refractivity contribution in [2.24, 2.45) is 0 Å². The van der Waals surface area contributed by atoms with E-state index in [4.69, 9.17) is 14.5 Å². The number of hydrogen-bond acceptors (Lipinski definition) is 4. The monoisotopic (exact) mass is 519 g/mol. The first-order chi connectivity index (χ1) is 14.7. The molecule has 1 aliphatic rings. The van der Waals surface area contributed by atoms with Crippen molar-refractivity contribution >= 4 is 33.6 Å². The maximum atomic E-state index is 6.79. The van der Waals surface area contributed by atoms with Gasteiger partial charge >= 0.3 is 0 Å². The van der Waals surface area contributed by atoms with Gasteiger partial charge < -0.3 is 18.9 Å². The van der Waals surface area contributed by atoms with Crippen molar-refractivity contribution in [1.29, 1.82) is 0 Å². The number of benzene rings is 2. The van der Waals surface area contributed by atoms with Gasteiger partial charge in [0.05, 0.1) is 23.7 Å². The van der Waals surface area contributed by atoms with Crippen LogP contribution in [-0.2, 0) is 16.0 Å². The Labute approximate surface area is 192 Å². The smallest absolute Gasteiger partial charge is 0.143 e. The van der Waals surface area contributed by atoms with E-state index in [2.05, 4.69) is 81.6 Å². The highest BCUT2D eigenvalue weighted by molar-refractivity contribution is 14.1. The van der Waals surface area contributed by atoms with E-state index in [0.29, 0.717) is 13.2 Å². The molecule has 1 aliphatic heterocycles. The summed E-state index contributed by atoms with van der Waals surface area (Å²) in [6, 6.07) is 16.9. The summed E-state index contributed by atoms with van der Waals surface area (Å²) in [6.45, 7) is 6.33. The highest BCUT2D eigenvalue weighted by atomic mass is 127. The second-order valence-electron chi connectivity index (χ2n) is 7.88. The third-order valence-electron chi connectivity index (χ3n) is 5.73. The Kier molecular flexibility index (Phi) is 7.41. The average Bonchev–Trinajstić information content (AvgIpc) is 3.12. The molecule has 0 spiro atoms. The molecule has 4 rings (SSSR count). The number of aromatic nitrogens is 2. The molecule has 160 valence electrons. The van der Waals surface area contributed by atoms with E-state index in [1.165, 1.54) is 3.57 Å². The highest BCUT2D eigenvalue weighted by Crippen LogP contribution is 2.32. The Balaban J connectivity index is 1.74. The number of para-hydroxylation sites is 2. The summed E-state index contributed by atoms with van der Waals surface area (Å²) < 4.78 is 16.0. The molecule has 2 aromatic carbocycles. The topological polar surface area (TPSA) is 39.5 Å². The number of piperidine rings is 1. The third-order valence-corrected chi connectivity index (χ3v) is 6.40. The van der Waals surface area contributed by atoms with Crippen molar-refractivity contribution in [2.75, 3.05) is 33.4 Å². The van der Waals surface area contributed by atoms with Crippen LogP contribution < -0.4 is 0 Å². The van der Waals surface area contributed by atoms with Crippen LogP contribution in [0.2, 0.25) is 0 Å². The zero-order chi connectivity index (χ0) is 20.9. The fraction of sp³-hybridized carbons (Fsp3) is 0.458. The minimum Gasteiger partial charge on any atom is -0.380 e. The van der Waals surface area contributed by atoms with Crippen molar-refractivity contribution in [2.45, 2.75) is 38.5 Å². The molecule has 0 saturated carbocycles. The standard InChI is InChI=1S/C24H30IN3O2/c1-3-29-16-15-28-22-10-5-4-9-21(22)26-24(28)23(18-7-6-8-19(25)17-18)30-20-11-13-27(2)14-12-20/h4-10,17,20,23H,3,11-16H2,1-2H3. The van der Waals surface area contributed by atoms with Crippen LogP contribution in [0.5, 0.6) is 0 Å². The molecule has 5 nitrogen and oxygen atoms in total. The molecular weight excluding hydrogens is 489 g/mol. The first-order valence-electron chi connectivity index (χ1n) is 10.8. The lowest BCUT2D eigenvalue weighted by atomic mass is 10.1. The van der Waals surface area contributed by atoms with Gasteiger partial charge in [-0.1, -0.05) is 24.3 Å². The quantitative estimate of drug-likeness (QED) is 0.314. The Morgan fingerprint density at radius 2 is 1.93 bits per heavy atom. The summed E-state index contributed by atoms with van der Waals surface area (Å²) in [5.41, 5.74) is 3.30. The van der Waals surface area contributed by atoms with Crippen molar-refractivity contribution in [3.05, 3.63) is 63.5 Å². The van der Waals surface area contributed by atoms with E-state index < -0.39 is 0 Å². The van der Waals surface area contributed by atoms with Crippen LogP contribution in [0.15, 0.2) is 48.5 Å². The maximum absolute atomic E-state index is 6.79. The van der Waals surface area contributed by atoms with Crippen LogP contribution in [-0.4, -0.2) is 53.9 Å². The fourth-order valence-corrected chi connectivity index (χ4v) is 4.67. The Bertz CT molecular complexity index is 966. The fourth-order valence-electron chi connectivity index (χ4n) is 4.10. The van der Waals surface area contributed by atoms with Gasteiger partial charge in [0.1, 0.15) is 11.9 Å². The Morgan fingerprint density at radius 1 is 1.13 bits per heavy atom. The van der Waals surface area contributed by atoms with Gasteiger partial charge in [0.15, 0.2) is 0 Å². The van der Waals surface area contributed by atoms with Gasteiger partial charge in [-0.15, -0.1) is 0 Å². The number of fused-ring (bicyclic) bond motifs is 1. The molecule has 1 atom stereocenters. The number of likely N-dealkylation sites (tertiary alicyclic amines) is 1. The molecule has 1 aromatic heterocycles. The van der Waals surface area contributed by atoms with Crippen molar-refractivity contribution in [3.63, 3.8) is 0 Å². The van der Waals surface area contributed by atoms with Crippen LogP contribution in [0.1, 0.15) is 37.3 Å². The minimum atomic E-state index is -0.192. The van der Waals surface area contributed by atoms with E-state index in [-0.39, 0.29) is 12.2 Å². The summed E-state index contributed by atoms with van der Waals surface area (Å²) in [7, 11) is 2.18. The van der Waals surface area contributed by atoms with Crippen LogP contribution in [0.25, 0.3) is 11.0 Å². The lowest BCUT2D eigenvalue weighted by Gasteiger charge is -2.32. The molecule has 0 aliphatic carbocycles. The maximum Gasteiger partial charge on any atom is 0.143 e. The number of imidazole rings is 1. The van der Waals surface area contributed by atoms with Gasteiger partial charge in [-0.05, 0) is 79.2 Å². The first-order valence-corrected chi connectivity index (χ1v) is 11.9. The first kappa shape index (κ1) is 21.7. The molecule has 1 saturated heterocycles. The Hall–Kier alpha value is -1.48. The van der Waals surface area contributed by atoms with Crippen molar-refractivity contribution in [3.8, 4) is 0 Å². The largest absolute Gasteiger partial charge is 0.380 e. The number of ether oxygens (including phenoxy) is 2. The zero-order valence-electron chi connectivity index (χ0n) is 17.8. The highest BCUT2D eigenvalue weighted by Gasteiger charge is 2.28. The minimum absolute atomic E-state index is 0.192. The second kappa shape index (κ2) is 10.2. The van der Waals surface area contributed by atoms with E-state index in [1.807, 2.05) is 13.0 Å². The summed E-state index contributed by atoms with van der Waals surface area (Å²) in [6.07, 6.45) is 2.15. The second-order valence-corrected chi connectivity index (χ2v) is 9.13. The van der Waals surface area contributed by atoms with Gasteiger partial charge in [0.2, 0.25) is 0 Å². The van der Waals surface area contributed by atoms with Gasteiger partial charge in [-0.2, -0.15) is 0 Å². The van der Waals surface area contributed by atoms with Gasteiger partial charge in [0.25, 0.3) is 0 Å². The van der Waals surface area contributed by atoms with E-state index in [1.54, 1.807) is 0 Å². The lowest BCUT2D eigenvalue weighted by molar-refractivity contribution is -0.0282. The molecule has 0 radical (unpaired) electrons. The molecule has 1 fully saturated rings. The average molecular weight is 519 g/mol. The molecule has 2 heterocycles. The van der Waals surface area contributed by atoms with E-state index in [0.717, 1.165) is 54.9 Å². The predicted molar refractivity (Wildman–Crippen MR) is 129 cm³/mol. The summed E-state index contributed by atoms with van der Waals surface area (Å²) in [5, 5.41) is 0. The number of hydrogen-bond donors (Lipinski definition) is 0. The summed E-state index contributed by atoms with van der Waals surface area (Å²) in [5.74, 6) is 0.969. The van der Waals surface area contributed by atoms with Crippen molar-refractivity contribution in [1.82, 2.24) is 14.5 Å². The molecule has 0 bridgehead atoms. The summed E-state index contributed by atoms with van der Waals surface area (Å²) >= 11 is 2.37. The summed E-state index contributed by atoms with van der Waals surface area (Å²) in [4.78, 5) is 7.42. The molecule has 30 heavy (non-hydrogen) atoms. The molecule has 6 heteroatoms.